The number of carbonyl (C=O) groups is 1. The van der Waals surface area contributed by atoms with Crippen molar-refractivity contribution in [3.63, 3.8) is 0 Å². The summed E-state index contributed by atoms with van der Waals surface area (Å²) in [6, 6.07) is 13.7. The van der Waals surface area contributed by atoms with Gasteiger partial charge in [0, 0.05) is 0 Å². The molecule has 0 aliphatic carbocycles. The molecule has 0 atom stereocenters. The Hall–Kier alpha value is -1.80. The summed E-state index contributed by atoms with van der Waals surface area (Å²) in [5.74, 6) is -1.02. The van der Waals surface area contributed by atoms with Crippen LogP contribution in [0, 0.1) is 13.0 Å². The largest absolute Gasteiger partial charge is 0.478 e. The minimum atomic E-state index is -1.02. The molecular weight excluding hydrogens is 236 g/mol. The second-order valence-corrected chi connectivity index (χ2v) is 4.12. The Balaban J connectivity index is 2.58. The molecule has 85 valence electrons. The van der Waals surface area contributed by atoms with Crippen molar-refractivity contribution in [2.24, 2.45) is 0 Å². The number of rotatable bonds is 2. The van der Waals surface area contributed by atoms with E-state index in [1.165, 1.54) is 0 Å². The van der Waals surface area contributed by atoms with E-state index >= 15 is 0 Å². The maximum atomic E-state index is 11.0. The Kier molecular flexibility index (Phi) is 3.16. The van der Waals surface area contributed by atoms with Gasteiger partial charge in [-0.3, -0.25) is 0 Å². The lowest BCUT2D eigenvalue weighted by atomic mass is 9.99. The molecule has 17 heavy (non-hydrogen) atoms. The molecule has 2 nitrogen and oxygen atoms in total. The maximum Gasteiger partial charge on any atom is 0.337 e. The molecule has 0 amide bonds. The second-order valence-electron chi connectivity index (χ2n) is 3.71. The van der Waals surface area contributed by atoms with Gasteiger partial charge >= 0.3 is 5.97 Å². The summed E-state index contributed by atoms with van der Waals surface area (Å²) in [6.45, 7) is 1.93. The first-order chi connectivity index (χ1) is 8.09. The number of hydrogen-bond acceptors (Lipinski definition) is 1. The lowest BCUT2D eigenvalue weighted by Crippen LogP contribution is -1.98. The third-order valence-electron chi connectivity index (χ3n) is 2.57. The molecule has 0 aliphatic heterocycles. The van der Waals surface area contributed by atoms with Crippen LogP contribution in [0.2, 0.25) is 5.02 Å². The first kappa shape index (κ1) is 11.7. The van der Waals surface area contributed by atoms with Crippen LogP contribution in [0.3, 0.4) is 0 Å². The Morgan fingerprint density at radius 3 is 2.76 bits per heavy atom. The summed E-state index contributed by atoms with van der Waals surface area (Å²) in [5, 5.41) is 9.26. The normalized spacial score (nSPS) is 10.2. The number of aromatic carboxylic acids is 1. The van der Waals surface area contributed by atoms with Gasteiger partial charge in [-0.25, -0.2) is 4.79 Å². The molecule has 0 unspecified atom stereocenters. The lowest BCUT2D eigenvalue weighted by molar-refractivity contribution is 0.0697. The van der Waals surface area contributed by atoms with Crippen LogP contribution in [0.4, 0.5) is 0 Å². The average molecular weight is 246 g/mol. The van der Waals surface area contributed by atoms with Crippen LogP contribution in [0.5, 0.6) is 0 Å². The maximum absolute atomic E-state index is 11.0. The quantitative estimate of drug-likeness (QED) is 0.874. The highest BCUT2D eigenvalue weighted by molar-refractivity contribution is 6.33. The summed E-state index contributed by atoms with van der Waals surface area (Å²) in [6.07, 6.45) is 0. The predicted molar refractivity (Wildman–Crippen MR) is 67.4 cm³/mol. The first-order valence-electron chi connectivity index (χ1n) is 5.10. The fraction of sp³-hybridized carbons (Fsp3) is 0.0714. The minimum Gasteiger partial charge on any atom is -0.478 e. The molecule has 2 rings (SSSR count). The number of carboxylic acid groups (broad SMARTS) is 1. The van der Waals surface area contributed by atoms with Crippen LogP contribution in [-0.2, 0) is 0 Å². The molecule has 1 radical (unpaired) electrons. The van der Waals surface area contributed by atoms with Crippen molar-refractivity contribution >= 4 is 17.6 Å². The smallest absolute Gasteiger partial charge is 0.337 e. The zero-order valence-electron chi connectivity index (χ0n) is 9.20. The molecule has 2 aromatic carbocycles. The number of benzene rings is 2. The Labute approximate surface area is 104 Å². The monoisotopic (exact) mass is 245 g/mol. The zero-order valence-corrected chi connectivity index (χ0v) is 9.95. The molecule has 0 saturated carbocycles. The fourth-order valence-corrected chi connectivity index (χ4v) is 1.89. The van der Waals surface area contributed by atoms with Gasteiger partial charge < -0.3 is 5.11 Å². The van der Waals surface area contributed by atoms with Crippen LogP contribution in [-0.4, -0.2) is 11.1 Å². The van der Waals surface area contributed by atoms with Gasteiger partial charge in [0.1, 0.15) is 0 Å². The molecule has 1 N–H and O–H groups in total. The van der Waals surface area contributed by atoms with Crippen molar-refractivity contribution in [3.05, 3.63) is 58.6 Å². The van der Waals surface area contributed by atoms with Crippen molar-refractivity contribution in [3.8, 4) is 11.1 Å². The highest BCUT2D eigenvalue weighted by Gasteiger charge is 2.10. The van der Waals surface area contributed by atoms with Gasteiger partial charge in [0.25, 0.3) is 0 Å². The molecule has 0 saturated heterocycles. The van der Waals surface area contributed by atoms with Crippen LogP contribution >= 0.6 is 11.6 Å². The third-order valence-corrected chi connectivity index (χ3v) is 2.90. The number of carboxylic acids is 1. The zero-order chi connectivity index (χ0) is 12.4. The molecular formula is C14H10ClO2. The Bertz CT molecular complexity index is 576. The van der Waals surface area contributed by atoms with E-state index in [2.05, 4.69) is 6.07 Å². The van der Waals surface area contributed by atoms with E-state index in [1.54, 1.807) is 12.1 Å². The van der Waals surface area contributed by atoms with Gasteiger partial charge in [-0.2, -0.15) is 0 Å². The number of halogens is 1. The molecule has 0 bridgehead atoms. The summed E-state index contributed by atoms with van der Waals surface area (Å²) < 4.78 is 0. The number of hydrogen-bond donors (Lipinski definition) is 1. The SMILES string of the molecule is Cc1[c]cccc1-c1ccc(Cl)c(C(=O)O)c1. The van der Waals surface area contributed by atoms with E-state index < -0.39 is 5.97 Å². The summed E-state index contributed by atoms with van der Waals surface area (Å²) in [4.78, 5) is 11.0. The van der Waals surface area contributed by atoms with Gasteiger partial charge in [0.2, 0.25) is 0 Å². The summed E-state index contributed by atoms with van der Waals surface area (Å²) in [5.41, 5.74) is 2.89. The van der Waals surface area contributed by atoms with Crippen LogP contribution in [0.25, 0.3) is 11.1 Å². The van der Waals surface area contributed by atoms with Crippen molar-refractivity contribution in [1.82, 2.24) is 0 Å². The van der Waals surface area contributed by atoms with Crippen LogP contribution in [0.1, 0.15) is 15.9 Å². The van der Waals surface area contributed by atoms with Crippen LogP contribution in [0.15, 0.2) is 36.4 Å². The highest BCUT2D eigenvalue weighted by atomic mass is 35.5. The Morgan fingerprint density at radius 1 is 1.35 bits per heavy atom. The van der Waals surface area contributed by atoms with E-state index in [-0.39, 0.29) is 10.6 Å². The molecule has 0 aromatic heterocycles. The van der Waals surface area contributed by atoms with Crippen molar-refractivity contribution in [2.45, 2.75) is 6.92 Å². The van der Waals surface area contributed by atoms with E-state index in [9.17, 15) is 4.79 Å². The van der Waals surface area contributed by atoms with Gasteiger partial charge in [-0.15, -0.1) is 0 Å². The van der Waals surface area contributed by atoms with Crippen molar-refractivity contribution in [2.75, 3.05) is 0 Å². The van der Waals surface area contributed by atoms with E-state index in [0.717, 1.165) is 16.7 Å². The van der Waals surface area contributed by atoms with E-state index in [1.807, 2.05) is 31.2 Å². The topological polar surface area (TPSA) is 37.3 Å². The molecule has 0 aliphatic rings. The molecule has 3 heteroatoms. The van der Waals surface area contributed by atoms with E-state index in [4.69, 9.17) is 16.7 Å². The van der Waals surface area contributed by atoms with Gasteiger partial charge in [0.05, 0.1) is 10.6 Å². The minimum absolute atomic E-state index is 0.118. The van der Waals surface area contributed by atoms with Crippen molar-refractivity contribution in [1.29, 1.82) is 0 Å². The fourth-order valence-electron chi connectivity index (χ4n) is 1.69. The molecule has 0 heterocycles. The predicted octanol–water partition coefficient (Wildman–Crippen LogP) is 3.81. The third kappa shape index (κ3) is 2.32. The second kappa shape index (κ2) is 4.60. The summed E-state index contributed by atoms with van der Waals surface area (Å²) >= 11 is 5.83. The highest BCUT2D eigenvalue weighted by Crippen LogP contribution is 2.27. The standard InChI is InChI=1S/C14H10ClO2/c1-9-4-2-3-5-11(9)10-6-7-13(15)12(8-10)14(16)17/h2-3,5-8H,1H3,(H,16,17). The van der Waals surface area contributed by atoms with E-state index in [0.29, 0.717) is 0 Å². The van der Waals surface area contributed by atoms with Crippen LogP contribution < -0.4 is 0 Å². The molecule has 0 fully saturated rings. The van der Waals surface area contributed by atoms with Crippen molar-refractivity contribution < 1.29 is 9.90 Å². The summed E-state index contributed by atoms with van der Waals surface area (Å²) in [7, 11) is 0. The first-order valence-corrected chi connectivity index (χ1v) is 5.48. The van der Waals surface area contributed by atoms with Gasteiger partial charge in [0.15, 0.2) is 0 Å². The van der Waals surface area contributed by atoms with Gasteiger partial charge in [-0.1, -0.05) is 35.9 Å². The number of aryl methyl sites for hydroxylation is 1. The Morgan fingerprint density at radius 2 is 2.12 bits per heavy atom. The lowest BCUT2D eigenvalue weighted by Gasteiger charge is -2.07. The molecule has 0 spiro atoms. The average Bonchev–Trinajstić information content (AvgIpc) is 2.30. The molecule has 2 aromatic rings. The van der Waals surface area contributed by atoms with Gasteiger partial charge in [-0.05, 0) is 41.8 Å².